The van der Waals surface area contributed by atoms with Gasteiger partial charge in [-0.15, -0.1) is 0 Å². The predicted octanol–water partition coefficient (Wildman–Crippen LogP) is 5.61. The van der Waals surface area contributed by atoms with Crippen LogP contribution in [-0.4, -0.2) is 81.6 Å². The number of hydrogen-bond donors (Lipinski definition) is 2. The van der Waals surface area contributed by atoms with E-state index in [1.54, 1.807) is 12.1 Å². The zero-order valence-corrected chi connectivity index (χ0v) is 25.7. The maximum atomic E-state index is 13.6. The van der Waals surface area contributed by atoms with Gasteiger partial charge in [0.25, 0.3) is 5.91 Å². The van der Waals surface area contributed by atoms with Crippen LogP contribution in [0.25, 0.3) is 0 Å². The van der Waals surface area contributed by atoms with E-state index < -0.39 is 5.97 Å². The minimum absolute atomic E-state index is 0.0468. The minimum Gasteiger partial charge on any atom is -0.478 e. The number of piperidine rings is 1. The molecular weight excluding hydrogens is 554 g/mol. The Labute approximate surface area is 259 Å². The second kappa shape index (κ2) is 13.4. The average Bonchev–Trinajstić information content (AvgIpc) is 3.55. The summed E-state index contributed by atoms with van der Waals surface area (Å²) in [6.45, 7) is 7.82. The average molecular weight is 598 g/mol. The Bertz CT molecular complexity index is 1470. The molecule has 2 unspecified atom stereocenters. The number of aryl methyl sites for hydroxylation is 1. The van der Waals surface area contributed by atoms with Crippen molar-refractivity contribution in [3.05, 3.63) is 88.4 Å². The molecule has 4 heterocycles. The molecule has 3 saturated heterocycles. The third kappa shape index (κ3) is 6.64. The molecule has 0 aliphatic carbocycles. The fraction of sp³-hybridized carbons (Fsp3) is 0.486. The summed E-state index contributed by atoms with van der Waals surface area (Å²) >= 11 is 0. The lowest BCUT2D eigenvalue weighted by atomic mass is 9.93. The van der Waals surface area contributed by atoms with Gasteiger partial charge >= 0.3 is 5.97 Å². The smallest absolute Gasteiger partial charge is 0.335 e. The van der Waals surface area contributed by atoms with Crippen LogP contribution in [0, 0.1) is 13.8 Å². The van der Waals surface area contributed by atoms with Crippen LogP contribution < -0.4 is 5.32 Å². The van der Waals surface area contributed by atoms with Crippen molar-refractivity contribution < 1.29 is 19.4 Å². The number of nitrogens with zero attached hydrogens (tertiary/aromatic N) is 4. The van der Waals surface area contributed by atoms with E-state index >= 15 is 0 Å². The highest BCUT2D eigenvalue weighted by atomic mass is 16.5. The summed E-state index contributed by atoms with van der Waals surface area (Å²) in [5.41, 5.74) is 5.03. The Morgan fingerprint density at radius 2 is 1.73 bits per heavy atom. The summed E-state index contributed by atoms with van der Waals surface area (Å²) in [4.78, 5) is 38.6. The highest BCUT2D eigenvalue weighted by Gasteiger charge is 2.34. The standard InChI is InChI=1S/C35H43N5O4/c1-23-10-12-25(13-11-23)31-9-5-6-28(44-31)20-36-33-24(2)32(37-22-38-33)34(41)39-18-15-27(16-19-39)40-17-14-26(21-40)29-7-3-4-8-30(29)35(42)43/h3-4,7-8,10-13,22,26-28,31H,5-6,9,14-21H2,1-2H3,(H,42,43)(H,36,37,38)/t26?,28-,31?/m1/s1. The Balaban J connectivity index is 1.02. The maximum Gasteiger partial charge on any atom is 0.335 e. The predicted molar refractivity (Wildman–Crippen MR) is 169 cm³/mol. The number of aromatic nitrogens is 2. The number of ether oxygens (including phenoxy) is 1. The zero-order chi connectivity index (χ0) is 30.6. The fourth-order valence-corrected chi connectivity index (χ4v) is 7.13. The van der Waals surface area contributed by atoms with Gasteiger partial charge in [0, 0.05) is 37.8 Å². The van der Waals surface area contributed by atoms with Crippen LogP contribution in [0.4, 0.5) is 5.82 Å². The second-order valence-corrected chi connectivity index (χ2v) is 12.6. The van der Waals surface area contributed by atoms with Gasteiger partial charge in [-0.25, -0.2) is 14.8 Å². The number of carbonyl (C=O) groups is 2. The fourth-order valence-electron chi connectivity index (χ4n) is 7.13. The summed E-state index contributed by atoms with van der Waals surface area (Å²) in [6, 6.07) is 16.4. The first kappa shape index (κ1) is 30.2. The molecule has 3 fully saturated rings. The van der Waals surface area contributed by atoms with Crippen molar-refractivity contribution in [1.29, 1.82) is 0 Å². The number of carboxylic acid groups (broad SMARTS) is 1. The van der Waals surface area contributed by atoms with Crippen LogP contribution in [0.15, 0.2) is 54.9 Å². The second-order valence-electron chi connectivity index (χ2n) is 12.6. The summed E-state index contributed by atoms with van der Waals surface area (Å²) in [7, 11) is 0. The number of hydrogen-bond acceptors (Lipinski definition) is 7. The molecular formula is C35H43N5O4. The lowest BCUT2D eigenvalue weighted by molar-refractivity contribution is -0.0442. The molecule has 232 valence electrons. The Morgan fingerprint density at radius 3 is 2.50 bits per heavy atom. The van der Waals surface area contributed by atoms with Gasteiger partial charge in [-0.2, -0.15) is 0 Å². The highest BCUT2D eigenvalue weighted by Crippen LogP contribution is 2.34. The number of rotatable bonds is 8. The Kier molecular flexibility index (Phi) is 9.23. The van der Waals surface area contributed by atoms with Gasteiger partial charge in [0.1, 0.15) is 17.8 Å². The number of nitrogens with one attached hydrogen (secondary N) is 1. The molecule has 6 rings (SSSR count). The highest BCUT2D eigenvalue weighted by molar-refractivity contribution is 5.94. The number of aromatic carboxylic acids is 1. The number of carboxylic acids is 1. The third-order valence-electron chi connectivity index (χ3n) is 9.70. The molecule has 44 heavy (non-hydrogen) atoms. The molecule has 1 aromatic heterocycles. The molecule has 0 saturated carbocycles. The number of likely N-dealkylation sites (tertiary alicyclic amines) is 2. The van der Waals surface area contributed by atoms with Crippen molar-refractivity contribution in [3.63, 3.8) is 0 Å². The van der Waals surface area contributed by atoms with Crippen molar-refractivity contribution in [2.75, 3.05) is 38.0 Å². The molecule has 0 spiro atoms. The molecule has 3 aliphatic rings. The van der Waals surface area contributed by atoms with Gasteiger partial charge in [0.15, 0.2) is 0 Å². The zero-order valence-electron chi connectivity index (χ0n) is 25.7. The van der Waals surface area contributed by atoms with E-state index in [0.717, 1.165) is 62.7 Å². The van der Waals surface area contributed by atoms with Gasteiger partial charge in [-0.05, 0) is 82.0 Å². The van der Waals surface area contributed by atoms with Crippen LogP contribution in [0.3, 0.4) is 0 Å². The molecule has 9 nitrogen and oxygen atoms in total. The van der Waals surface area contributed by atoms with E-state index in [1.807, 2.05) is 24.0 Å². The lowest BCUT2D eigenvalue weighted by Gasteiger charge is -2.37. The van der Waals surface area contributed by atoms with Crippen molar-refractivity contribution in [1.82, 2.24) is 19.8 Å². The first-order valence-corrected chi connectivity index (χ1v) is 16.0. The van der Waals surface area contributed by atoms with Crippen molar-refractivity contribution in [2.24, 2.45) is 0 Å². The van der Waals surface area contributed by atoms with Gasteiger partial charge in [-0.3, -0.25) is 9.69 Å². The number of carbonyl (C=O) groups excluding carboxylic acids is 1. The molecule has 2 N–H and O–H groups in total. The van der Waals surface area contributed by atoms with Gasteiger partial charge in [0.05, 0.1) is 17.8 Å². The first-order valence-electron chi connectivity index (χ1n) is 16.0. The molecule has 1 amide bonds. The topological polar surface area (TPSA) is 108 Å². The Hall–Kier alpha value is -3.82. The van der Waals surface area contributed by atoms with E-state index in [2.05, 4.69) is 51.4 Å². The van der Waals surface area contributed by atoms with E-state index in [4.69, 9.17) is 4.74 Å². The van der Waals surface area contributed by atoms with Crippen LogP contribution in [0.5, 0.6) is 0 Å². The van der Waals surface area contributed by atoms with Gasteiger partial charge < -0.3 is 20.1 Å². The largest absolute Gasteiger partial charge is 0.478 e. The van der Waals surface area contributed by atoms with Crippen LogP contribution in [0.2, 0.25) is 0 Å². The van der Waals surface area contributed by atoms with Crippen LogP contribution >= 0.6 is 0 Å². The molecule has 3 aromatic rings. The van der Waals surface area contributed by atoms with Crippen molar-refractivity contribution in [2.45, 2.75) is 76.5 Å². The molecule has 2 aromatic carbocycles. The summed E-state index contributed by atoms with van der Waals surface area (Å²) in [5, 5.41) is 13.1. The SMILES string of the molecule is Cc1ccc(C2CCC[C@H](CNc3ncnc(C(=O)N4CCC(N5CCC(c6ccccc6C(=O)O)C5)CC4)c3C)O2)cc1. The minimum atomic E-state index is -0.863. The number of anilines is 1. The quantitative estimate of drug-likeness (QED) is 0.345. The Morgan fingerprint density at radius 1 is 0.955 bits per heavy atom. The molecule has 0 bridgehead atoms. The van der Waals surface area contributed by atoms with Gasteiger partial charge in [0.2, 0.25) is 0 Å². The molecule has 0 radical (unpaired) electrons. The summed E-state index contributed by atoms with van der Waals surface area (Å²) in [6.07, 6.45) is 7.54. The normalized spacial score (nSPS) is 23.0. The molecule has 3 aliphatic heterocycles. The number of amides is 1. The van der Waals surface area contributed by atoms with E-state index in [-0.39, 0.29) is 24.0 Å². The summed E-state index contributed by atoms with van der Waals surface area (Å²) in [5.74, 6) is 0.000787. The molecule has 3 atom stereocenters. The molecule has 9 heteroatoms. The van der Waals surface area contributed by atoms with Crippen LogP contribution in [0.1, 0.15) is 93.6 Å². The summed E-state index contributed by atoms with van der Waals surface area (Å²) < 4.78 is 6.44. The number of benzene rings is 2. The third-order valence-corrected chi connectivity index (χ3v) is 9.70. The van der Waals surface area contributed by atoms with E-state index in [1.165, 1.54) is 17.5 Å². The monoisotopic (exact) mass is 597 g/mol. The lowest BCUT2D eigenvalue weighted by Crippen LogP contribution is -2.46. The van der Waals surface area contributed by atoms with E-state index in [0.29, 0.717) is 42.8 Å². The van der Waals surface area contributed by atoms with Crippen molar-refractivity contribution in [3.8, 4) is 0 Å². The maximum absolute atomic E-state index is 13.6. The van der Waals surface area contributed by atoms with Crippen molar-refractivity contribution >= 4 is 17.7 Å². The van der Waals surface area contributed by atoms with E-state index in [9.17, 15) is 14.7 Å². The first-order chi connectivity index (χ1) is 21.4. The van der Waals surface area contributed by atoms with Gasteiger partial charge in [-0.1, -0.05) is 48.0 Å². The van der Waals surface area contributed by atoms with Crippen LogP contribution in [-0.2, 0) is 4.74 Å².